The summed E-state index contributed by atoms with van der Waals surface area (Å²) in [5, 5.41) is 22.5. The van der Waals surface area contributed by atoms with Crippen LogP contribution >= 0.6 is 11.6 Å². The summed E-state index contributed by atoms with van der Waals surface area (Å²) in [5.74, 6) is -0.835. The van der Waals surface area contributed by atoms with Gasteiger partial charge in [0.25, 0.3) is 12.4 Å². The first-order valence-electron chi connectivity index (χ1n) is 16.2. The number of ketones is 2. The second-order valence-corrected chi connectivity index (χ2v) is 10.8. The van der Waals surface area contributed by atoms with E-state index in [-0.39, 0.29) is 158 Å². The SMILES string of the molecule is CC(=O)c1ccc(O)cc1.CCOC(=O)c1ccc(NC(=O)CCl)cc1.CCOC(=O)c1ccc(NC(=O)COc2ccc(C(C)=O)cc2)cc1.O=CO[O-].[H-].[K+].[K+]. The molecule has 15 nitrogen and oxygen atoms in total. The van der Waals surface area contributed by atoms with Crippen molar-refractivity contribution < 1.29 is 167 Å². The van der Waals surface area contributed by atoms with E-state index in [0.717, 1.165) is 0 Å². The number of hydrogen-bond acceptors (Lipinski definition) is 13. The van der Waals surface area contributed by atoms with Crippen LogP contribution in [0.1, 0.15) is 70.6 Å². The quantitative estimate of drug-likeness (QED) is 0.0288. The van der Waals surface area contributed by atoms with Crippen molar-refractivity contribution in [2.45, 2.75) is 27.7 Å². The third-order valence-electron chi connectivity index (χ3n) is 6.42. The van der Waals surface area contributed by atoms with Crippen LogP contribution in [0, 0.1) is 0 Å². The molecule has 294 valence electrons. The van der Waals surface area contributed by atoms with Gasteiger partial charge in [0.2, 0.25) is 5.91 Å². The summed E-state index contributed by atoms with van der Waals surface area (Å²) in [5.41, 5.74) is 3.22. The van der Waals surface area contributed by atoms with E-state index in [1.807, 2.05) is 0 Å². The molecule has 0 radical (unpaired) electrons. The number of phenolic OH excluding ortho intramolecular Hbond substituents is 1. The molecule has 0 spiro atoms. The van der Waals surface area contributed by atoms with E-state index in [1.165, 1.54) is 26.0 Å². The Hall–Kier alpha value is -3.31. The molecule has 0 atom stereocenters. The van der Waals surface area contributed by atoms with Gasteiger partial charge < -0.3 is 41.5 Å². The largest absolute Gasteiger partial charge is 1.00 e. The van der Waals surface area contributed by atoms with Gasteiger partial charge in [-0.1, -0.05) is 0 Å². The van der Waals surface area contributed by atoms with Gasteiger partial charge in [-0.05, 0) is 125 Å². The van der Waals surface area contributed by atoms with Gasteiger partial charge in [-0.2, -0.15) is 0 Å². The number of ether oxygens (including phenoxy) is 3. The second kappa shape index (κ2) is 32.6. The number of phenols is 1. The number of carbonyl (C=O) groups excluding carboxylic acids is 7. The van der Waals surface area contributed by atoms with Crippen molar-refractivity contribution in [2.24, 2.45) is 0 Å². The number of carbonyl (C=O) groups is 7. The Morgan fingerprint density at radius 1 is 0.649 bits per heavy atom. The van der Waals surface area contributed by atoms with Crippen molar-refractivity contribution in [2.75, 3.05) is 36.3 Å². The van der Waals surface area contributed by atoms with Gasteiger partial charge in [-0.25, -0.2) is 9.59 Å². The Kier molecular flexibility index (Phi) is 31.9. The van der Waals surface area contributed by atoms with Crippen molar-refractivity contribution >= 4 is 64.8 Å². The Balaban J connectivity index is -0.000000788. The summed E-state index contributed by atoms with van der Waals surface area (Å²) in [6.07, 6.45) is 0. The molecular formula is C39H41ClK2N2O13. The van der Waals surface area contributed by atoms with Crippen LogP contribution in [0.25, 0.3) is 0 Å². The molecule has 0 aliphatic heterocycles. The Bertz CT molecular complexity index is 1850. The second-order valence-electron chi connectivity index (χ2n) is 10.5. The van der Waals surface area contributed by atoms with Crippen LogP contribution in [0.3, 0.4) is 0 Å². The fraction of sp³-hybridized carbons (Fsp3) is 0.205. The number of nitrogens with one attached hydrogen (secondary N) is 2. The molecule has 0 aromatic heterocycles. The van der Waals surface area contributed by atoms with Crippen LogP contribution in [0.2, 0.25) is 0 Å². The van der Waals surface area contributed by atoms with E-state index >= 15 is 0 Å². The molecule has 4 rings (SSSR count). The average Bonchev–Trinajstić information content (AvgIpc) is 3.18. The molecule has 0 aliphatic carbocycles. The first kappa shape index (κ1) is 55.8. The van der Waals surface area contributed by atoms with Crippen molar-refractivity contribution in [3.63, 3.8) is 0 Å². The minimum absolute atomic E-state index is 0. The minimum Gasteiger partial charge on any atom is -1.00 e. The van der Waals surface area contributed by atoms with Crippen molar-refractivity contribution in [3.05, 3.63) is 119 Å². The monoisotopic (exact) mass is 858 g/mol. The molecule has 0 fully saturated rings. The van der Waals surface area contributed by atoms with Gasteiger partial charge in [-0.3, -0.25) is 24.0 Å². The van der Waals surface area contributed by atoms with Crippen LogP contribution in [0.15, 0.2) is 97.1 Å². The molecule has 4 aromatic carbocycles. The number of alkyl halides is 1. The van der Waals surface area contributed by atoms with E-state index < -0.39 is 5.97 Å². The first-order valence-corrected chi connectivity index (χ1v) is 16.8. The Labute approximate surface area is 421 Å². The predicted octanol–water partition coefficient (Wildman–Crippen LogP) is -0.726. The Morgan fingerprint density at radius 3 is 1.33 bits per heavy atom. The number of anilines is 2. The number of Topliss-reactive ketones (excluding diaryl/α,β-unsaturated/α-hetero) is 2. The summed E-state index contributed by atoms with van der Waals surface area (Å²) >= 11 is 5.34. The van der Waals surface area contributed by atoms with E-state index in [1.54, 1.807) is 98.8 Å². The number of benzene rings is 4. The zero-order chi connectivity index (χ0) is 41.2. The average molecular weight is 859 g/mol. The van der Waals surface area contributed by atoms with Crippen LogP contribution in [-0.2, 0) is 28.7 Å². The summed E-state index contributed by atoms with van der Waals surface area (Å²) in [6, 6.07) is 25.5. The van der Waals surface area contributed by atoms with Gasteiger partial charge in [0.05, 0.1) is 24.3 Å². The summed E-state index contributed by atoms with van der Waals surface area (Å²) in [7, 11) is 0. The fourth-order valence-electron chi connectivity index (χ4n) is 3.83. The molecule has 0 saturated carbocycles. The summed E-state index contributed by atoms with van der Waals surface area (Å²) in [4.78, 5) is 78.8. The van der Waals surface area contributed by atoms with Gasteiger partial charge in [0, 0.05) is 22.5 Å². The molecule has 18 heteroatoms. The van der Waals surface area contributed by atoms with E-state index in [4.69, 9.17) is 41.0 Å². The smallest absolute Gasteiger partial charge is 1.00 e. The Morgan fingerprint density at radius 2 is 1.00 bits per heavy atom. The topological polar surface area (TPSA) is 224 Å². The van der Waals surface area contributed by atoms with Crippen molar-refractivity contribution in [1.29, 1.82) is 0 Å². The number of rotatable bonds is 13. The molecule has 3 N–H and O–H groups in total. The third-order valence-corrected chi connectivity index (χ3v) is 6.67. The van der Waals surface area contributed by atoms with Crippen LogP contribution in [0.4, 0.5) is 11.4 Å². The number of hydrogen-bond donors (Lipinski definition) is 3. The van der Waals surface area contributed by atoms with E-state index in [9.17, 15) is 28.8 Å². The van der Waals surface area contributed by atoms with E-state index in [2.05, 4.69) is 15.5 Å². The minimum atomic E-state index is -0.405. The zero-order valence-electron chi connectivity index (χ0n) is 33.4. The van der Waals surface area contributed by atoms with Crippen molar-refractivity contribution in [1.82, 2.24) is 0 Å². The van der Waals surface area contributed by atoms with Crippen LogP contribution < -0.4 is 123 Å². The summed E-state index contributed by atoms with van der Waals surface area (Å²) in [6.45, 7) is 6.75. The number of aromatic hydroxyl groups is 1. The zero-order valence-corrected chi connectivity index (χ0v) is 39.4. The standard InChI is InChI=1S/C19H19NO5.C11H12ClNO3.C8H8O2.CH2O3.2K.H/c1-3-24-19(23)15-4-8-16(9-5-15)20-18(22)12-25-17-10-6-14(7-11-17)13(2)21;1-2-16-11(15)8-3-5-9(6-4-8)13-10(14)7-12;1-6(9)7-2-4-8(10)5-3-7;2-1-4-3;;;/h4-11H,3,12H2,1-2H3,(H,20,22);3-6H,2,7H2,1H3,(H,13,14);2-5,10H,1H3;1,3H;;;/q;;;;2*+1;-1/p-1. The molecule has 57 heavy (non-hydrogen) atoms. The van der Waals surface area contributed by atoms with Crippen LogP contribution in [0.5, 0.6) is 11.5 Å². The molecule has 0 aliphatic rings. The molecule has 0 bridgehead atoms. The normalized spacial score (nSPS) is 9.09. The number of esters is 2. The molecule has 2 amide bonds. The fourth-order valence-corrected chi connectivity index (χ4v) is 3.90. The maximum atomic E-state index is 11.9. The third kappa shape index (κ3) is 24.3. The maximum Gasteiger partial charge on any atom is 1.00 e. The molecular weight excluding hydrogens is 818 g/mol. The maximum absolute atomic E-state index is 11.9. The van der Waals surface area contributed by atoms with Crippen molar-refractivity contribution in [3.8, 4) is 11.5 Å². The molecule has 0 unspecified atom stereocenters. The number of amides is 2. The van der Waals surface area contributed by atoms with Crippen LogP contribution in [-0.4, -0.2) is 72.6 Å². The van der Waals surface area contributed by atoms with Gasteiger partial charge in [0.15, 0.2) is 18.2 Å². The van der Waals surface area contributed by atoms with Gasteiger partial charge >= 0.3 is 115 Å². The summed E-state index contributed by atoms with van der Waals surface area (Å²) < 4.78 is 15.1. The van der Waals surface area contributed by atoms with E-state index in [0.29, 0.717) is 52.6 Å². The molecule has 0 heterocycles. The van der Waals surface area contributed by atoms with Gasteiger partial charge in [-0.15, -0.1) is 11.6 Å². The molecule has 4 aromatic rings. The number of halogens is 1. The first-order chi connectivity index (χ1) is 26.3. The predicted molar refractivity (Wildman–Crippen MR) is 201 cm³/mol. The van der Waals surface area contributed by atoms with Gasteiger partial charge in [0.1, 0.15) is 17.4 Å². The molecule has 0 saturated heterocycles.